The molecule has 0 bridgehead atoms. The Bertz CT molecular complexity index is 1000. The first kappa shape index (κ1) is 23.6. The molecule has 0 saturated carbocycles. The summed E-state index contributed by atoms with van der Waals surface area (Å²) in [5, 5.41) is 12.6. The lowest BCUT2D eigenvalue weighted by molar-refractivity contribution is -0.0891. The molecule has 168 valence electrons. The molecule has 31 heavy (non-hydrogen) atoms. The van der Waals surface area contributed by atoms with Gasteiger partial charge in [0.25, 0.3) is 5.91 Å². The Morgan fingerprint density at radius 3 is 2.55 bits per heavy atom. The molecule has 7 nitrogen and oxygen atoms in total. The zero-order valence-electron chi connectivity index (χ0n) is 16.6. The Morgan fingerprint density at radius 2 is 1.87 bits per heavy atom. The summed E-state index contributed by atoms with van der Waals surface area (Å²) in [6.07, 6.45) is 0.644. The van der Waals surface area contributed by atoms with Gasteiger partial charge in [0.2, 0.25) is 10.0 Å². The maximum absolute atomic E-state index is 13.0. The first-order valence-corrected chi connectivity index (χ1v) is 11.7. The average Bonchev–Trinajstić information content (AvgIpc) is 2.75. The number of ether oxygens (including phenoxy) is 1. The van der Waals surface area contributed by atoms with Gasteiger partial charge in [-0.25, -0.2) is 17.5 Å². The Labute approximate surface area is 185 Å². The van der Waals surface area contributed by atoms with Crippen LogP contribution in [0.2, 0.25) is 5.02 Å². The quantitative estimate of drug-likeness (QED) is 0.549. The van der Waals surface area contributed by atoms with Crippen molar-refractivity contribution in [3.63, 3.8) is 0 Å². The first-order chi connectivity index (χ1) is 14.8. The first-order valence-electron chi connectivity index (χ1n) is 9.87. The van der Waals surface area contributed by atoms with Crippen LogP contribution >= 0.6 is 11.6 Å². The summed E-state index contributed by atoms with van der Waals surface area (Å²) in [5.74, 6) is -0.809. The summed E-state index contributed by atoms with van der Waals surface area (Å²) in [4.78, 5) is 12.4. The maximum Gasteiger partial charge on any atom is 0.251 e. The lowest BCUT2D eigenvalue weighted by Gasteiger charge is -2.36. The van der Waals surface area contributed by atoms with Gasteiger partial charge in [0.15, 0.2) is 0 Å². The van der Waals surface area contributed by atoms with Gasteiger partial charge in [0.1, 0.15) is 16.8 Å². The SMILES string of the molecule is O=C(N[C@@H]1CC[C@H](CCNS(=O)(=O)c2ccccc2Cl)O[C@@H]1CO)c1ccc(F)cc1. The number of aliphatic hydroxyl groups is 1. The van der Waals surface area contributed by atoms with Gasteiger partial charge in [-0.3, -0.25) is 4.79 Å². The van der Waals surface area contributed by atoms with Gasteiger partial charge in [-0.1, -0.05) is 23.7 Å². The summed E-state index contributed by atoms with van der Waals surface area (Å²) in [7, 11) is -3.74. The minimum Gasteiger partial charge on any atom is -0.394 e. The molecule has 0 radical (unpaired) electrons. The zero-order chi connectivity index (χ0) is 22.4. The molecule has 1 amide bonds. The largest absolute Gasteiger partial charge is 0.394 e. The van der Waals surface area contributed by atoms with Crippen molar-refractivity contribution in [1.82, 2.24) is 10.0 Å². The molecule has 2 aromatic rings. The van der Waals surface area contributed by atoms with Crippen molar-refractivity contribution in [2.75, 3.05) is 13.2 Å². The van der Waals surface area contributed by atoms with Crippen LogP contribution in [0, 0.1) is 5.82 Å². The van der Waals surface area contributed by atoms with Gasteiger partial charge >= 0.3 is 0 Å². The molecule has 3 N–H and O–H groups in total. The highest BCUT2D eigenvalue weighted by Crippen LogP contribution is 2.23. The number of benzene rings is 2. The van der Waals surface area contributed by atoms with Crippen molar-refractivity contribution in [2.45, 2.75) is 42.4 Å². The number of sulfonamides is 1. The van der Waals surface area contributed by atoms with Crippen molar-refractivity contribution in [1.29, 1.82) is 0 Å². The van der Waals surface area contributed by atoms with E-state index in [1.54, 1.807) is 12.1 Å². The number of hydrogen-bond acceptors (Lipinski definition) is 5. The zero-order valence-corrected chi connectivity index (χ0v) is 18.2. The lowest BCUT2D eigenvalue weighted by atomic mass is 9.97. The predicted molar refractivity (Wildman–Crippen MR) is 114 cm³/mol. The standard InChI is InChI=1S/C21H24ClFN2O5S/c22-17-3-1-2-4-20(17)31(28,29)24-12-11-16-9-10-18(19(13-26)30-16)25-21(27)14-5-7-15(23)8-6-14/h1-8,16,18-19,24,26H,9-13H2,(H,25,27)/t16-,18-,19-/m1/s1. The minimum atomic E-state index is -3.74. The average molecular weight is 471 g/mol. The van der Waals surface area contributed by atoms with Crippen molar-refractivity contribution in [3.05, 3.63) is 64.9 Å². The van der Waals surface area contributed by atoms with E-state index in [4.69, 9.17) is 16.3 Å². The molecule has 0 aliphatic carbocycles. The van der Waals surface area contributed by atoms with Gasteiger partial charge in [-0.15, -0.1) is 0 Å². The molecule has 1 aliphatic rings. The van der Waals surface area contributed by atoms with E-state index in [9.17, 15) is 22.7 Å². The van der Waals surface area contributed by atoms with Crippen LogP contribution in [0.5, 0.6) is 0 Å². The molecule has 1 saturated heterocycles. The number of aliphatic hydroxyl groups excluding tert-OH is 1. The van der Waals surface area contributed by atoms with Crippen molar-refractivity contribution in [2.24, 2.45) is 0 Å². The van der Waals surface area contributed by atoms with Gasteiger partial charge in [0.05, 0.1) is 23.8 Å². The molecule has 1 aliphatic heterocycles. The van der Waals surface area contributed by atoms with Crippen LogP contribution in [-0.4, -0.2) is 50.8 Å². The number of hydrogen-bond donors (Lipinski definition) is 3. The molecule has 0 spiro atoms. The molecule has 0 aromatic heterocycles. The Kier molecular flexibility index (Phi) is 8.01. The fourth-order valence-electron chi connectivity index (χ4n) is 3.46. The molecule has 2 aromatic carbocycles. The third-order valence-corrected chi connectivity index (χ3v) is 7.06. The topological polar surface area (TPSA) is 105 Å². The normalized spacial score (nSPS) is 21.6. The van der Waals surface area contributed by atoms with Gasteiger partial charge in [-0.05, 0) is 55.7 Å². The molecule has 3 rings (SSSR count). The van der Waals surface area contributed by atoms with E-state index < -0.39 is 28.0 Å². The van der Waals surface area contributed by atoms with E-state index >= 15 is 0 Å². The number of carbonyl (C=O) groups is 1. The summed E-state index contributed by atoms with van der Waals surface area (Å²) in [6, 6.07) is 11.0. The summed E-state index contributed by atoms with van der Waals surface area (Å²) >= 11 is 5.96. The fraction of sp³-hybridized carbons (Fsp3) is 0.381. The van der Waals surface area contributed by atoms with Gasteiger partial charge in [-0.2, -0.15) is 0 Å². The fourth-order valence-corrected chi connectivity index (χ4v) is 5.02. The van der Waals surface area contributed by atoms with Crippen LogP contribution in [0.3, 0.4) is 0 Å². The van der Waals surface area contributed by atoms with E-state index in [1.807, 2.05) is 0 Å². The van der Waals surface area contributed by atoms with Gasteiger partial charge in [0, 0.05) is 12.1 Å². The summed E-state index contributed by atoms with van der Waals surface area (Å²) in [5.41, 5.74) is 0.314. The summed E-state index contributed by atoms with van der Waals surface area (Å²) in [6.45, 7) is -0.154. The van der Waals surface area contributed by atoms with Crippen LogP contribution < -0.4 is 10.0 Å². The summed E-state index contributed by atoms with van der Waals surface area (Å²) < 4.78 is 46.2. The van der Waals surface area contributed by atoms with E-state index in [0.717, 1.165) is 0 Å². The molecular weight excluding hydrogens is 447 g/mol. The van der Waals surface area contributed by atoms with Crippen LogP contribution in [-0.2, 0) is 14.8 Å². The molecule has 0 unspecified atom stereocenters. The number of nitrogens with one attached hydrogen (secondary N) is 2. The van der Waals surface area contributed by atoms with Crippen molar-refractivity contribution >= 4 is 27.5 Å². The Balaban J connectivity index is 1.51. The maximum atomic E-state index is 13.0. The minimum absolute atomic E-state index is 0.0121. The predicted octanol–water partition coefficient (Wildman–Crippen LogP) is 2.49. The van der Waals surface area contributed by atoms with E-state index in [0.29, 0.717) is 24.8 Å². The van der Waals surface area contributed by atoms with E-state index in [-0.39, 0.29) is 35.1 Å². The highest BCUT2D eigenvalue weighted by molar-refractivity contribution is 7.89. The molecule has 10 heteroatoms. The van der Waals surface area contributed by atoms with Crippen LogP contribution in [0.15, 0.2) is 53.4 Å². The second-order valence-corrected chi connectivity index (χ2v) is 9.40. The number of amides is 1. The van der Waals surface area contributed by atoms with Crippen molar-refractivity contribution < 1.29 is 27.4 Å². The van der Waals surface area contributed by atoms with Crippen molar-refractivity contribution in [3.8, 4) is 0 Å². The number of halogens is 2. The molecule has 1 fully saturated rings. The third-order valence-electron chi connectivity index (χ3n) is 5.10. The second kappa shape index (κ2) is 10.5. The van der Waals surface area contributed by atoms with Crippen LogP contribution in [0.25, 0.3) is 0 Å². The second-order valence-electron chi connectivity index (χ2n) is 7.26. The smallest absolute Gasteiger partial charge is 0.251 e. The monoisotopic (exact) mass is 470 g/mol. The number of rotatable bonds is 8. The molecule has 3 atom stereocenters. The lowest BCUT2D eigenvalue weighted by Crippen LogP contribution is -2.51. The highest BCUT2D eigenvalue weighted by atomic mass is 35.5. The number of carbonyl (C=O) groups excluding carboxylic acids is 1. The van der Waals surface area contributed by atoms with Crippen LogP contribution in [0.1, 0.15) is 29.6 Å². The highest BCUT2D eigenvalue weighted by Gasteiger charge is 2.32. The van der Waals surface area contributed by atoms with E-state index in [2.05, 4.69) is 10.0 Å². The van der Waals surface area contributed by atoms with Crippen LogP contribution in [0.4, 0.5) is 4.39 Å². The Hall–Kier alpha value is -2.04. The molecule has 1 heterocycles. The Morgan fingerprint density at radius 1 is 1.16 bits per heavy atom. The third kappa shape index (κ3) is 6.24. The molecular formula is C21H24ClFN2O5S. The van der Waals surface area contributed by atoms with E-state index in [1.165, 1.54) is 36.4 Å². The van der Waals surface area contributed by atoms with Gasteiger partial charge < -0.3 is 15.2 Å².